The first kappa shape index (κ1) is 14.6. The second kappa shape index (κ2) is 6.60. The fourth-order valence-corrected chi connectivity index (χ4v) is 1.79. The second-order valence-corrected chi connectivity index (χ2v) is 4.24. The number of nitrogens with zero attached hydrogens (tertiary/aromatic N) is 1. The van der Waals surface area contributed by atoms with Crippen molar-refractivity contribution in [3.05, 3.63) is 42.1 Å². The molecule has 0 atom stereocenters. The van der Waals surface area contributed by atoms with Crippen molar-refractivity contribution in [2.45, 2.75) is 6.92 Å². The van der Waals surface area contributed by atoms with Crippen molar-refractivity contribution < 1.29 is 14.3 Å². The molecule has 1 aromatic heterocycles. The van der Waals surface area contributed by atoms with E-state index in [1.165, 1.54) is 7.11 Å². The summed E-state index contributed by atoms with van der Waals surface area (Å²) in [6.07, 6.45) is 1.63. The molecule has 3 N–H and O–H groups in total. The number of benzene rings is 1. The maximum absolute atomic E-state index is 11.8. The van der Waals surface area contributed by atoms with Crippen LogP contribution in [0.1, 0.15) is 17.3 Å². The maximum atomic E-state index is 11.8. The number of rotatable bonds is 5. The van der Waals surface area contributed by atoms with Gasteiger partial charge < -0.3 is 20.5 Å². The van der Waals surface area contributed by atoms with Crippen LogP contribution >= 0.6 is 0 Å². The largest absolute Gasteiger partial charge is 0.478 e. The van der Waals surface area contributed by atoms with Crippen LogP contribution in [0.2, 0.25) is 0 Å². The van der Waals surface area contributed by atoms with Crippen LogP contribution in [-0.4, -0.2) is 24.7 Å². The highest BCUT2D eigenvalue weighted by atomic mass is 16.5. The molecule has 0 saturated carbocycles. The minimum atomic E-state index is -0.455. The van der Waals surface area contributed by atoms with Gasteiger partial charge in [-0.05, 0) is 31.2 Å². The Hall–Kier alpha value is -2.76. The number of nitrogens with two attached hydrogens (primary N) is 1. The van der Waals surface area contributed by atoms with E-state index in [-0.39, 0.29) is 0 Å². The first-order valence-electron chi connectivity index (χ1n) is 6.47. The highest BCUT2D eigenvalue weighted by Crippen LogP contribution is 2.24. The number of carbonyl (C=O) groups is 1. The molecule has 0 unspecified atom stereocenters. The molecule has 0 saturated heterocycles. The molecule has 0 aliphatic rings. The number of esters is 1. The third kappa shape index (κ3) is 3.62. The van der Waals surface area contributed by atoms with Gasteiger partial charge >= 0.3 is 5.97 Å². The van der Waals surface area contributed by atoms with Crippen LogP contribution in [0.15, 0.2) is 36.5 Å². The lowest BCUT2D eigenvalue weighted by Crippen LogP contribution is -2.06. The maximum Gasteiger partial charge on any atom is 0.340 e. The molecule has 0 spiro atoms. The van der Waals surface area contributed by atoms with E-state index in [9.17, 15) is 4.79 Å². The van der Waals surface area contributed by atoms with Gasteiger partial charge in [-0.2, -0.15) is 0 Å². The van der Waals surface area contributed by atoms with Crippen LogP contribution in [0, 0.1) is 0 Å². The van der Waals surface area contributed by atoms with Gasteiger partial charge in [-0.25, -0.2) is 9.78 Å². The zero-order valence-electron chi connectivity index (χ0n) is 11.9. The summed E-state index contributed by atoms with van der Waals surface area (Å²) in [6.45, 7) is 2.45. The van der Waals surface area contributed by atoms with E-state index in [1.807, 2.05) is 13.0 Å². The van der Waals surface area contributed by atoms with E-state index >= 15 is 0 Å². The average molecular weight is 287 g/mol. The standard InChI is InChI=1S/C15H17N3O3/c1-3-21-14-7-5-11(9-17-14)18-13-6-4-10(16)8-12(13)15(19)20-2/h4-9,18H,3,16H2,1-2H3. The Morgan fingerprint density at radius 3 is 2.76 bits per heavy atom. The summed E-state index contributed by atoms with van der Waals surface area (Å²) in [7, 11) is 1.33. The van der Waals surface area contributed by atoms with Crippen LogP contribution < -0.4 is 15.8 Å². The van der Waals surface area contributed by atoms with Crippen molar-refractivity contribution in [2.24, 2.45) is 0 Å². The van der Waals surface area contributed by atoms with Crippen LogP contribution in [-0.2, 0) is 4.74 Å². The zero-order chi connectivity index (χ0) is 15.2. The highest BCUT2D eigenvalue weighted by molar-refractivity contribution is 5.97. The molecule has 6 heteroatoms. The minimum absolute atomic E-state index is 0.367. The Kier molecular flexibility index (Phi) is 4.61. The third-order valence-electron chi connectivity index (χ3n) is 2.76. The molecule has 2 rings (SSSR count). The van der Waals surface area contributed by atoms with E-state index < -0.39 is 5.97 Å². The summed E-state index contributed by atoms with van der Waals surface area (Å²) in [6, 6.07) is 8.56. The fraction of sp³-hybridized carbons (Fsp3) is 0.200. The molecule has 0 amide bonds. The lowest BCUT2D eigenvalue weighted by atomic mass is 10.1. The van der Waals surface area contributed by atoms with Gasteiger partial charge in [0, 0.05) is 11.8 Å². The first-order valence-corrected chi connectivity index (χ1v) is 6.47. The normalized spacial score (nSPS) is 10.0. The van der Waals surface area contributed by atoms with Crippen molar-refractivity contribution in [3.63, 3.8) is 0 Å². The van der Waals surface area contributed by atoms with Gasteiger partial charge in [0.15, 0.2) is 0 Å². The quantitative estimate of drug-likeness (QED) is 0.649. The van der Waals surface area contributed by atoms with Gasteiger partial charge in [0.25, 0.3) is 0 Å². The summed E-state index contributed by atoms with van der Waals surface area (Å²) in [5.74, 6) is 0.0947. The molecular formula is C15H17N3O3. The molecule has 0 aliphatic heterocycles. The van der Waals surface area contributed by atoms with Crippen LogP contribution in [0.3, 0.4) is 0 Å². The molecule has 0 aliphatic carbocycles. The Bertz CT molecular complexity index is 627. The topological polar surface area (TPSA) is 86.5 Å². The van der Waals surface area contributed by atoms with Crippen molar-refractivity contribution in [3.8, 4) is 5.88 Å². The predicted octanol–water partition coefficient (Wildman–Crippen LogP) is 2.59. The van der Waals surface area contributed by atoms with Gasteiger partial charge in [-0.15, -0.1) is 0 Å². The minimum Gasteiger partial charge on any atom is -0.478 e. The number of aromatic nitrogens is 1. The average Bonchev–Trinajstić information content (AvgIpc) is 2.50. The number of pyridine rings is 1. The molecule has 0 fully saturated rings. The Balaban J connectivity index is 2.24. The van der Waals surface area contributed by atoms with Crippen LogP contribution in [0.5, 0.6) is 5.88 Å². The Morgan fingerprint density at radius 1 is 1.33 bits per heavy atom. The predicted molar refractivity (Wildman–Crippen MR) is 80.9 cm³/mol. The van der Waals surface area contributed by atoms with Gasteiger partial charge in [-0.3, -0.25) is 0 Å². The molecule has 6 nitrogen and oxygen atoms in total. The van der Waals surface area contributed by atoms with Gasteiger partial charge in [-0.1, -0.05) is 0 Å². The lowest BCUT2D eigenvalue weighted by Gasteiger charge is -2.11. The molecule has 0 radical (unpaired) electrons. The number of ether oxygens (including phenoxy) is 2. The van der Waals surface area contributed by atoms with E-state index in [1.54, 1.807) is 30.5 Å². The summed E-state index contributed by atoms with van der Waals surface area (Å²) in [5, 5.41) is 3.11. The van der Waals surface area contributed by atoms with E-state index in [0.29, 0.717) is 29.4 Å². The molecule has 110 valence electrons. The molecule has 0 bridgehead atoms. The van der Waals surface area contributed by atoms with Crippen molar-refractivity contribution in [1.29, 1.82) is 0 Å². The van der Waals surface area contributed by atoms with Gasteiger partial charge in [0.2, 0.25) is 5.88 Å². The molecule has 21 heavy (non-hydrogen) atoms. The van der Waals surface area contributed by atoms with E-state index in [4.69, 9.17) is 15.2 Å². The summed E-state index contributed by atoms with van der Waals surface area (Å²) in [4.78, 5) is 15.9. The zero-order valence-corrected chi connectivity index (χ0v) is 11.9. The van der Waals surface area contributed by atoms with Gasteiger partial charge in [0.05, 0.1) is 36.9 Å². The number of carbonyl (C=O) groups excluding carboxylic acids is 1. The van der Waals surface area contributed by atoms with Crippen LogP contribution in [0.25, 0.3) is 0 Å². The second-order valence-electron chi connectivity index (χ2n) is 4.24. The number of nitrogen functional groups attached to an aromatic ring is 1. The van der Waals surface area contributed by atoms with Gasteiger partial charge in [0.1, 0.15) is 0 Å². The van der Waals surface area contributed by atoms with Crippen molar-refractivity contribution in [1.82, 2.24) is 4.98 Å². The number of hydrogen-bond donors (Lipinski definition) is 2. The number of hydrogen-bond acceptors (Lipinski definition) is 6. The smallest absolute Gasteiger partial charge is 0.340 e. The number of methoxy groups -OCH3 is 1. The van der Waals surface area contributed by atoms with Crippen LogP contribution in [0.4, 0.5) is 17.1 Å². The molecule has 1 heterocycles. The van der Waals surface area contributed by atoms with E-state index in [0.717, 1.165) is 5.69 Å². The van der Waals surface area contributed by atoms with Crippen molar-refractivity contribution >= 4 is 23.0 Å². The Morgan fingerprint density at radius 2 is 2.14 bits per heavy atom. The Labute approximate surface area is 122 Å². The number of anilines is 3. The lowest BCUT2D eigenvalue weighted by molar-refractivity contribution is 0.0602. The SMILES string of the molecule is CCOc1ccc(Nc2ccc(N)cc2C(=O)OC)cn1. The monoisotopic (exact) mass is 287 g/mol. The van der Waals surface area contributed by atoms with E-state index in [2.05, 4.69) is 10.3 Å². The summed E-state index contributed by atoms with van der Waals surface area (Å²) < 4.78 is 10.0. The molecule has 2 aromatic rings. The third-order valence-corrected chi connectivity index (χ3v) is 2.76. The molecule has 1 aromatic carbocycles. The molecular weight excluding hydrogens is 270 g/mol. The number of nitrogens with one attached hydrogen (secondary N) is 1. The highest BCUT2D eigenvalue weighted by Gasteiger charge is 2.12. The summed E-state index contributed by atoms with van der Waals surface area (Å²) in [5.41, 5.74) is 7.89. The van der Waals surface area contributed by atoms with Crippen molar-refractivity contribution in [2.75, 3.05) is 24.8 Å². The first-order chi connectivity index (χ1) is 10.1. The summed E-state index contributed by atoms with van der Waals surface area (Å²) >= 11 is 0. The fourth-order valence-electron chi connectivity index (χ4n) is 1.79.